The molecule has 0 aliphatic carbocycles. The van der Waals surface area contributed by atoms with Crippen molar-refractivity contribution in [2.24, 2.45) is 5.10 Å². The third-order valence-electron chi connectivity index (χ3n) is 2.92. The van der Waals surface area contributed by atoms with E-state index >= 15 is 0 Å². The first-order valence-electron chi connectivity index (χ1n) is 6.26. The van der Waals surface area contributed by atoms with E-state index in [2.05, 4.69) is 15.5 Å². The zero-order valence-corrected chi connectivity index (χ0v) is 12.2. The van der Waals surface area contributed by atoms with E-state index in [0.29, 0.717) is 11.4 Å². The Bertz CT molecular complexity index is 774. The SMILES string of the molecule is Oc1ccccc1/C=N/Nc1ccc2ccccc2n1.[Fe]. The Labute approximate surface area is 133 Å². The van der Waals surface area contributed by atoms with Crippen LogP contribution in [0.3, 0.4) is 0 Å². The van der Waals surface area contributed by atoms with Gasteiger partial charge in [0.2, 0.25) is 0 Å². The van der Waals surface area contributed by atoms with E-state index in [1.807, 2.05) is 42.5 Å². The van der Waals surface area contributed by atoms with Gasteiger partial charge in [-0.05, 0) is 30.3 Å². The Balaban J connectivity index is 0.00000161. The monoisotopic (exact) mass is 319 g/mol. The summed E-state index contributed by atoms with van der Waals surface area (Å²) < 4.78 is 0. The Morgan fingerprint density at radius 3 is 2.57 bits per heavy atom. The Morgan fingerprint density at radius 2 is 1.71 bits per heavy atom. The van der Waals surface area contributed by atoms with Crippen molar-refractivity contribution < 1.29 is 22.2 Å². The van der Waals surface area contributed by atoms with Crippen LogP contribution in [0.25, 0.3) is 10.9 Å². The third kappa shape index (κ3) is 3.60. The standard InChI is InChI=1S/C16H13N3O.Fe/c20-15-8-4-2-6-13(15)11-17-19-16-10-9-12-5-1-3-7-14(12)18-16;/h1-11,20H,(H,18,19);/b17-11+;. The number of aromatic nitrogens is 1. The first kappa shape index (κ1) is 15.0. The average molecular weight is 319 g/mol. The summed E-state index contributed by atoms with van der Waals surface area (Å²) in [6, 6.07) is 18.8. The maximum absolute atomic E-state index is 9.61. The number of phenolic OH excluding ortho intramolecular Hbond substituents is 1. The Kier molecular flexibility index (Phi) is 4.93. The molecule has 0 unspecified atom stereocenters. The summed E-state index contributed by atoms with van der Waals surface area (Å²) in [6.45, 7) is 0. The quantitative estimate of drug-likeness (QED) is 0.442. The largest absolute Gasteiger partial charge is 0.507 e. The molecule has 3 aromatic rings. The van der Waals surface area contributed by atoms with Crippen LogP contribution in [0.15, 0.2) is 65.8 Å². The van der Waals surface area contributed by atoms with Crippen molar-refractivity contribution in [3.8, 4) is 5.75 Å². The molecule has 0 saturated heterocycles. The first-order chi connectivity index (χ1) is 9.83. The molecule has 0 aliphatic heterocycles. The zero-order chi connectivity index (χ0) is 13.8. The predicted octanol–water partition coefficient (Wildman–Crippen LogP) is 3.38. The van der Waals surface area contributed by atoms with Crippen LogP contribution in [0.4, 0.5) is 5.82 Å². The van der Waals surface area contributed by atoms with Crippen LogP contribution in [-0.4, -0.2) is 16.3 Å². The number of para-hydroxylation sites is 2. The van der Waals surface area contributed by atoms with Crippen molar-refractivity contribution in [3.63, 3.8) is 0 Å². The van der Waals surface area contributed by atoms with Crippen LogP contribution in [0.5, 0.6) is 5.75 Å². The molecule has 21 heavy (non-hydrogen) atoms. The van der Waals surface area contributed by atoms with Gasteiger partial charge in [-0.15, -0.1) is 0 Å². The molecule has 0 fully saturated rings. The molecule has 2 aromatic carbocycles. The van der Waals surface area contributed by atoms with Gasteiger partial charge in [-0.1, -0.05) is 30.3 Å². The van der Waals surface area contributed by atoms with Gasteiger partial charge in [-0.3, -0.25) is 5.43 Å². The van der Waals surface area contributed by atoms with Crippen LogP contribution < -0.4 is 5.43 Å². The minimum Gasteiger partial charge on any atom is -0.507 e. The molecular formula is C16H13FeN3O. The topological polar surface area (TPSA) is 57.5 Å². The summed E-state index contributed by atoms with van der Waals surface area (Å²) in [5.41, 5.74) is 4.43. The molecule has 2 N–H and O–H groups in total. The van der Waals surface area contributed by atoms with E-state index in [9.17, 15) is 5.11 Å². The van der Waals surface area contributed by atoms with Gasteiger partial charge in [0.1, 0.15) is 11.6 Å². The zero-order valence-electron chi connectivity index (χ0n) is 11.0. The van der Waals surface area contributed by atoms with Crippen LogP contribution in [0, 0.1) is 0 Å². The number of benzene rings is 2. The number of anilines is 1. The number of hydrogen-bond donors (Lipinski definition) is 2. The molecular weight excluding hydrogens is 306 g/mol. The smallest absolute Gasteiger partial charge is 0.146 e. The molecule has 0 amide bonds. The minimum absolute atomic E-state index is 0. The first-order valence-corrected chi connectivity index (χ1v) is 6.26. The number of nitrogens with zero attached hydrogens (tertiary/aromatic N) is 2. The summed E-state index contributed by atoms with van der Waals surface area (Å²) in [6.07, 6.45) is 1.56. The fourth-order valence-electron chi connectivity index (χ4n) is 1.89. The summed E-state index contributed by atoms with van der Waals surface area (Å²) in [5.74, 6) is 0.861. The number of aromatic hydroxyl groups is 1. The summed E-state index contributed by atoms with van der Waals surface area (Å²) in [4.78, 5) is 4.44. The van der Waals surface area contributed by atoms with E-state index in [1.165, 1.54) is 0 Å². The molecule has 106 valence electrons. The molecule has 0 radical (unpaired) electrons. The fraction of sp³-hybridized carbons (Fsp3) is 0. The predicted molar refractivity (Wildman–Crippen MR) is 81.1 cm³/mol. The molecule has 0 atom stereocenters. The van der Waals surface area contributed by atoms with Crippen molar-refractivity contribution in [2.45, 2.75) is 0 Å². The maximum atomic E-state index is 9.61. The van der Waals surface area contributed by atoms with E-state index in [4.69, 9.17) is 0 Å². The van der Waals surface area contributed by atoms with Gasteiger partial charge < -0.3 is 5.11 Å². The average Bonchev–Trinajstić information content (AvgIpc) is 2.49. The minimum atomic E-state index is 0. The van der Waals surface area contributed by atoms with Gasteiger partial charge >= 0.3 is 0 Å². The second-order valence-electron chi connectivity index (χ2n) is 4.32. The van der Waals surface area contributed by atoms with Gasteiger partial charge in [-0.25, -0.2) is 4.98 Å². The third-order valence-corrected chi connectivity index (χ3v) is 2.92. The number of hydrogen-bond acceptors (Lipinski definition) is 4. The molecule has 0 spiro atoms. The summed E-state index contributed by atoms with van der Waals surface area (Å²) in [5, 5.41) is 14.8. The van der Waals surface area contributed by atoms with Crippen molar-refractivity contribution >= 4 is 22.9 Å². The number of pyridine rings is 1. The van der Waals surface area contributed by atoms with Gasteiger partial charge in [-0.2, -0.15) is 5.10 Å². The maximum Gasteiger partial charge on any atom is 0.146 e. The molecule has 0 bridgehead atoms. The number of phenols is 1. The molecule has 4 nitrogen and oxygen atoms in total. The van der Waals surface area contributed by atoms with E-state index in [0.717, 1.165) is 10.9 Å². The Hall–Kier alpha value is -2.36. The van der Waals surface area contributed by atoms with Gasteiger partial charge in [0.05, 0.1) is 11.7 Å². The normalized spacial score (nSPS) is 10.5. The van der Waals surface area contributed by atoms with E-state index < -0.39 is 0 Å². The fourth-order valence-corrected chi connectivity index (χ4v) is 1.89. The second kappa shape index (κ2) is 6.88. The van der Waals surface area contributed by atoms with E-state index in [1.54, 1.807) is 24.4 Å². The van der Waals surface area contributed by atoms with Crippen molar-refractivity contribution in [3.05, 3.63) is 66.2 Å². The van der Waals surface area contributed by atoms with Crippen molar-refractivity contribution in [2.75, 3.05) is 5.43 Å². The van der Waals surface area contributed by atoms with E-state index in [-0.39, 0.29) is 22.8 Å². The number of rotatable bonds is 3. The summed E-state index contributed by atoms with van der Waals surface area (Å²) >= 11 is 0. The number of nitrogens with one attached hydrogen (secondary N) is 1. The van der Waals surface area contributed by atoms with Gasteiger partial charge in [0, 0.05) is 28.0 Å². The molecule has 0 saturated carbocycles. The van der Waals surface area contributed by atoms with Crippen LogP contribution in [0.2, 0.25) is 0 Å². The van der Waals surface area contributed by atoms with Crippen LogP contribution in [0.1, 0.15) is 5.56 Å². The van der Waals surface area contributed by atoms with Crippen LogP contribution >= 0.6 is 0 Å². The van der Waals surface area contributed by atoms with Gasteiger partial charge in [0.25, 0.3) is 0 Å². The van der Waals surface area contributed by atoms with Crippen molar-refractivity contribution in [1.82, 2.24) is 4.98 Å². The second-order valence-corrected chi connectivity index (χ2v) is 4.32. The molecule has 1 aromatic heterocycles. The molecule has 0 aliphatic rings. The van der Waals surface area contributed by atoms with Crippen LogP contribution in [-0.2, 0) is 17.1 Å². The van der Waals surface area contributed by atoms with Gasteiger partial charge in [0.15, 0.2) is 0 Å². The van der Waals surface area contributed by atoms with Crippen molar-refractivity contribution in [1.29, 1.82) is 0 Å². The summed E-state index contributed by atoms with van der Waals surface area (Å²) in [7, 11) is 0. The molecule has 1 heterocycles. The molecule has 5 heteroatoms. The number of fused-ring (bicyclic) bond motifs is 1. The molecule has 3 rings (SSSR count). The number of hydrazone groups is 1. The Morgan fingerprint density at radius 1 is 0.952 bits per heavy atom.